The summed E-state index contributed by atoms with van der Waals surface area (Å²) in [6, 6.07) is 11.6. The van der Waals surface area contributed by atoms with Gasteiger partial charge in [0.15, 0.2) is 5.13 Å². The summed E-state index contributed by atoms with van der Waals surface area (Å²) in [5, 5.41) is 6.05. The van der Waals surface area contributed by atoms with E-state index < -0.39 is 0 Å². The molecule has 0 saturated carbocycles. The Kier molecular flexibility index (Phi) is 3.80. The van der Waals surface area contributed by atoms with Gasteiger partial charge in [0.2, 0.25) is 0 Å². The number of anilines is 1. The van der Waals surface area contributed by atoms with E-state index >= 15 is 0 Å². The van der Waals surface area contributed by atoms with Crippen molar-refractivity contribution < 1.29 is 0 Å². The molecule has 1 N–H and O–H groups in total. The number of hydrogen-bond donors (Lipinski definition) is 1. The van der Waals surface area contributed by atoms with Crippen molar-refractivity contribution in [2.45, 2.75) is 0 Å². The second kappa shape index (κ2) is 6.08. The van der Waals surface area contributed by atoms with E-state index in [-0.39, 0.29) is 0 Å². The number of thiazole rings is 1. The van der Waals surface area contributed by atoms with Gasteiger partial charge in [-0.05, 0) is 30.3 Å². The first-order chi connectivity index (χ1) is 9.92. The highest BCUT2D eigenvalue weighted by molar-refractivity contribution is 7.13. The Balaban J connectivity index is 1.97. The zero-order valence-corrected chi connectivity index (χ0v) is 11.4. The third kappa shape index (κ3) is 3.07. The zero-order chi connectivity index (χ0) is 13.6. The minimum atomic E-state index is 0.831. The Morgan fingerprint density at radius 1 is 0.950 bits per heavy atom. The third-order valence-corrected chi connectivity index (χ3v) is 3.28. The minimum Gasteiger partial charge on any atom is -0.330 e. The van der Waals surface area contributed by atoms with Crippen molar-refractivity contribution >= 4 is 28.2 Å². The Morgan fingerprint density at radius 2 is 1.80 bits per heavy atom. The Hall–Kier alpha value is -2.53. The monoisotopic (exact) mass is 280 g/mol. The van der Waals surface area contributed by atoms with E-state index in [9.17, 15) is 0 Å². The summed E-state index contributed by atoms with van der Waals surface area (Å²) in [6.07, 6.45) is 7.27. The third-order valence-electron chi connectivity index (χ3n) is 2.59. The quantitative estimate of drug-likeness (QED) is 0.794. The van der Waals surface area contributed by atoms with Crippen LogP contribution in [-0.4, -0.2) is 15.0 Å². The van der Waals surface area contributed by atoms with E-state index in [2.05, 4.69) is 20.3 Å². The number of rotatable bonds is 4. The maximum absolute atomic E-state index is 4.37. The van der Waals surface area contributed by atoms with E-state index in [0.717, 1.165) is 22.2 Å². The van der Waals surface area contributed by atoms with Crippen LogP contribution in [0.5, 0.6) is 0 Å². The fourth-order valence-electron chi connectivity index (χ4n) is 1.71. The molecule has 0 atom stereocenters. The molecule has 3 aromatic rings. The highest BCUT2D eigenvalue weighted by Gasteiger charge is 2.05. The number of nitrogens with one attached hydrogen (secondary N) is 1. The molecule has 3 rings (SSSR count). The molecule has 0 amide bonds. The Labute approximate surface area is 120 Å². The van der Waals surface area contributed by atoms with Crippen LogP contribution in [0.1, 0.15) is 11.4 Å². The summed E-state index contributed by atoms with van der Waals surface area (Å²) in [6.45, 7) is 0. The molecule has 4 nitrogen and oxygen atoms in total. The van der Waals surface area contributed by atoms with Gasteiger partial charge in [-0.3, -0.25) is 9.97 Å². The van der Waals surface area contributed by atoms with Gasteiger partial charge in [0.05, 0.1) is 17.1 Å². The molecule has 0 aliphatic heterocycles. The van der Waals surface area contributed by atoms with E-state index in [1.807, 2.05) is 47.9 Å². The van der Waals surface area contributed by atoms with Crippen LogP contribution >= 0.6 is 11.3 Å². The predicted octanol–water partition coefficient (Wildman–Crippen LogP) is 3.54. The van der Waals surface area contributed by atoms with Crippen molar-refractivity contribution in [1.82, 2.24) is 15.0 Å². The van der Waals surface area contributed by atoms with Crippen LogP contribution in [0.25, 0.3) is 11.8 Å². The molecule has 98 valence electrons. The van der Waals surface area contributed by atoms with Gasteiger partial charge in [0, 0.05) is 24.0 Å². The average molecular weight is 280 g/mol. The van der Waals surface area contributed by atoms with Crippen molar-refractivity contribution in [1.29, 1.82) is 0 Å². The van der Waals surface area contributed by atoms with Gasteiger partial charge in [-0.15, -0.1) is 11.3 Å². The second-order valence-electron chi connectivity index (χ2n) is 3.99. The fraction of sp³-hybridized carbons (Fsp3) is 0. The first kappa shape index (κ1) is 12.5. The lowest BCUT2D eigenvalue weighted by molar-refractivity contribution is 1.26. The van der Waals surface area contributed by atoms with E-state index in [0.29, 0.717) is 0 Å². The molecule has 0 radical (unpaired) electrons. The first-order valence-corrected chi connectivity index (χ1v) is 7.00. The van der Waals surface area contributed by atoms with Gasteiger partial charge in [0.1, 0.15) is 0 Å². The molecule has 0 aliphatic carbocycles. The lowest BCUT2D eigenvalue weighted by Gasteiger charge is -2.07. The summed E-state index contributed by atoms with van der Waals surface area (Å²) in [4.78, 5) is 12.9. The predicted molar refractivity (Wildman–Crippen MR) is 82.1 cm³/mol. The summed E-state index contributed by atoms with van der Waals surface area (Å²) in [7, 11) is 0. The maximum Gasteiger partial charge on any atom is 0.187 e. The van der Waals surface area contributed by atoms with Gasteiger partial charge >= 0.3 is 0 Å². The van der Waals surface area contributed by atoms with Gasteiger partial charge in [-0.25, -0.2) is 4.98 Å². The molecule has 3 heterocycles. The maximum atomic E-state index is 4.37. The summed E-state index contributed by atoms with van der Waals surface area (Å²) < 4.78 is 0. The number of hydrogen-bond acceptors (Lipinski definition) is 5. The largest absolute Gasteiger partial charge is 0.330 e. The van der Waals surface area contributed by atoms with E-state index in [1.165, 1.54) is 0 Å². The summed E-state index contributed by atoms with van der Waals surface area (Å²) >= 11 is 1.55. The number of nitrogens with zero attached hydrogens (tertiary/aromatic N) is 3. The average Bonchev–Trinajstić information content (AvgIpc) is 3.02. The standard InChI is InChI=1S/C15H12N4S/c1-3-7-16-12(5-1)11-14(13-6-2-4-8-17-13)19-15-18-9-10-20-15/h1-11H,(H,18,19)/b14-11-. The second-order valence-corrected chi connectivity index (χ2v) is 4.88. The van der Waals surface area contributed by atoms with E-state index in [1.54, 1.807) is 29.9 Å². The molecular formula is C15H12N4S. The van der Waals surface area contributed by atoms with Crippen LogP contribution in [0.4, 0.5) is 5.13 Å². The summed E-state index contributed by atoms with van der Waals surface area (Å²) in [5.41, 5.74) is 2.60. The zero-order valence-electron chi connectivity index (χ0n) is 10.6. The fourth-order valence-corrected chi connectivity index (χ4v) is 2.25. The van der Waals surface area contributed by atoms with Crippen LogP contribution in [0.3, 0.4) is 0 Å². The molecule has 0 aliphatic rings. The van der Waals surface area contributed by atoms with Crippen molar-refractivity contribution in [2.75, 3.05) is 5.32 Å². The van der Waals surface area contributed by atoms with Crippen molar-refractivity contribution in [2.24, 2.45) is 0 Å². The molecule has 20 heavy (non-hydrogen) atoms. The van der Waals surface area contributed by atoms with Crippen LogP contribution in [0.15, 0.2) is 60.4 Å². The van der Waals surface area contributed by atoms with Gasteiger partial charge in [-0.1, -0.05) is 12.1 Å². The topological polar surface area (TPSA) is 50.7 Å². The van der Waals surface area contributed by atoms with Crippen LogP contribution in [0.2, 0.25) is 0 Å². The molecule has 0 fully saturated rings. The highest BCUT2D eigenvalue weighted by Crippen LogP contribution is 2.20. The smallest absolute Gasteiger partial charge is 0.187 e. The highest BCUT2D eigenvalue weighted by atomic mass is 32.1. The van der Waals surface area contributed by atoms with Crippen molar-refractivity contribution in [3.8, 4) is 0 Å². The molecule has 0 aromatic carbocycles. The van der Waals surface area contributed by atoms with Crippen LogP contribution in [-0.2, 0) is 0 Å². The molecule has 0 bridgehead atoms. The molecule has 0 unspecified atom stereocenters. The lowest BCUT2D eigenvalue weighted by atomic mass is 10.2. The van der Waals surface area contributed by atoms with Crippen LogP contribution in [0, 0.1) is 0 Å². The van der Waals surface area contributed by atoms with Crippen molar-refractivity contribution in [3.05, 3.63) is 71.8 Å². The van der Waals surface area contributed by atoms with Gasteiger partial charge in [-0.2, -0.15) is 0 Å². The van der Waals surface area contributed by atoms with Gasteiger partial charge < -0.3 is 5.32 Å². The molecular weight excluding hydrogens is 268 g/mol. The van der Waals surface area contributed by atoms with Crippen molar-refractivity contribution in [3.63, 3.8) is 0 Å². The van der Waals surface area contributed by atoms with E-state index in [4.69, 9.17) is 0 Å². The molecule has 5 heteroatoms. The Morgan fingerprint density at radius 3 is 2.45 bits per heavy atom. The molecule has 3 aromatic heterocycles. The molecule has 0 spiro atoms. The number of pyridine rings is 2. The first-order valence-electron chi connectivity index (χ1n) is 6.12. The lowest BCUT2D eigenvalue weighted by Crippen LogP contribution is -2.00. The SMILES string of the molecule is C(=C(/Nc1nccs1)c1ccccn1)/c1ccccn1. The Bertz CT molecular complexity index is 678. The minimum absolute atomic E-state index is 0.831. The number of aromatic nitrogens is 3. The molecule has 0 saturated heterocycles. The van der Waals surface area contributed by atoms with Crippen LogP contribution < -0.4 is 5.32 Å². The summed E-state index contributed by atoms with van der Waals surface area (Å²) in [5.74, 6) is 0. The van der Waals surface area contributed by atoms with Gasteiger partial charge in [0.25, 0.3) is 0 Å². The normalized spacial score (nSPS) is 11.3.